The van der Waals surface area contributed by atoms with Gasteiger partial charge in [0.25, 0.3) is 5.91 Å². The van der Waals surface area contributed by atoms with Crippen LogP contribution in [0.3, 0.4) is 0 Å². The zero-order chi connectivity index (χ0) is 27.7. The Morgan fingerprint density at radius 2 is 1.77 bits per heavy atom. The van der Waals surface area contributed by atoms with Crippen molar-refractivity contribution in [3.63, 3.8) is 0 Å². The molecular weight excluding hydrogens is 573 g/mol. The second-order valence-corrected chi connectivity index (χ2v) is 13.3. The molecule has 218 valence electrons. The zero-order valence-electron chi connectivity index (χ0n) is 22.1. The summed E-state index contributed by atoms with van der Waals surface area (Å²) in [7, 11) is -3.92. The highest BCUT2D eigenvalue weighted by Crippen LogP contribution is 2.34. The number of likely N-dealkylation sites (tertiary alicyclic amines) is 1. The third kappa shape index (κ3) is 7.44. The van der Waals surface area contributed by atoms with E-state index in [1.165, 1.54) is 10.5 Å². The maximum Gasteiger partial charge on any atom is 0.410 e. The lowest BCUT2D eigenvalue weighted by molar-refractivity contribution is -0.125. The molecular formula is C24H35Cl2N5O7S. The van der Waals surface area contributed by atoms with E-state index in [-0.39, 0.29) is 44.7 Å². The molecule has 2 N–H and O–H groups in total. The molecule has 4 amide bonds. The Hall–Kier alpha value is -2.35. The van der Waals surface area contributed by atoms with E-state index in [9.17, 15) is 22.8 Å². The average molecular weight is 609 g/mol. The predicted molar refractivity (Wildman–Crippen MR) is 145 cm³/mol. The first kappa shape index (κ1) is 31.2. The summed E-state index contributed by atoms with van der Waals surface area (Å²) in [4.78, 5) is 43.3. The number of amides is 4. The Morgan fingerprint density at radius 1 is 1.13 bits per heavy atom. The number of halogens is 2. The van der Waals surface area contributed by atoms with Gasteiger partial charge in [-0.25, -0.2) is 27.3 Å². The fourth-order valence-corrected chi connectivity index (χ4v) is 7.18. The smallest absolute Gasteiger partial charge is 0.410 e. The summed E-state index contributed by atoms with van der Waals surface area (Å²) in [5, 5.41) is 5.34. The van der Waals surface area contributed by atoms with Crippen molar-refractivity contribution < 1.29 is 32.3 Å². The van der Waals surface area contributed by atoms with Gasteiger partial charge in [0.1, 0.15) is 17.2 Å². The van der Waals surface area contributed by atoms with Crippen LogP contribution >= 0.6 is 24.0 Å². The van der Waals surface area contributed by atoms with Crippen LogP contribution in [0, 0.1) is 5.92 Å². The number of imide groups is 1. The van der Waals surface area contributed by atoms with Gasteiger partial charge in [0.15, 0.2) is 0 Å². The van der Waals surface area contributed by atoms with Gasteiger partial charge in [-0.1, -0.05) is 11.6 Å². The average Bonchev–Trinajstić information content (AvgIpc) is 3.12. The van der Waals surface area contributed by atoms with Gasteiger partial charge in [0, 0.05) is 38.4 Å². The van der Waals surface area contributed by atoms with Crippen LogP contribution in [0.15, 0.2) is 18.3 Å². The lowest BCUT2D eigenvalue weighted by Crippen LogP contribution is -2.62. The van der Waals surface area contributed by atoms with Gasteiger partial charge in [-0.15, -0.1) is 12.4 Å². The largest absolute Gasteiger partial charge is 0.474 e. The summed E-state index contributed by atoms with van der Waals surface area (Å²) in [6, 6.07) is 2.61. The molecule has 1 atom stereocenters. The molecule has 0 spiro atoms. The molecule has 15 heteroatoms. The fourth-order valence-electron chi connectivity index (χ4n) is 5.10. The van der Waals surface area contributed by atoms with Crippen molar-refractivity contribution in [2.75, 3.05) is 31.9 Å². The minimum absolute atomic E-state index is 0. The summed E-state index contributed by atoms with van der Waals surface area (Å²) in [6.07, 6.45) is 2.38. The van der Waals surface area contributed by atoms with E-state index in [2.05, 4.69) is 15.6 Å². The summed E-state index contributed by atoms with van der Waals surface area (Å²) < 4.78 is 39.7. The van der Waals surface area contributed by atoms with E-state index >= 15 is 0 Å². The van der Waals surface area contributed by atoms with Crippen LogP contribution in [0.4, 0.5) is 9.59 Å². The van der Waals surface area contributed by atoms with Gasteiger partial charge in [-0.05, 0) is 58.4 Å². The molecule has 3 aliphatic rings. The van der Waals surface area contributed by atoms with Crippen LogP contribution in [0.5, 0.6) is 5.88 Å². The van der Waals surface area contributed by atoms with Crippen molar-refractivity contribution in [3.05, 3.63) is 23.4 Å². The monoisotopic (exact) mass is 607 g/mol. The quantitative estimate of drug-likeness (QED) is 0.469. The Balaban J connectivity index is 0.00000420. The predicted octanol–water partition coefficient (Wildman–Crippen LogP) is 2.56. The number of rotatable bonds is 6. The maximum absolute atomic E-state index is 13.5. The van der Waals surface area contributed by atoms with Crippen molar-refractivity contribution in [1.82, 2.24) is 24.8 Å². The Morgan fingerprint density at radius 3 is 2.28 bits per heavy atom. The van der Waals surface area contributed by atoms with Gasteiger partial charge in [0.05, 0.1) is 10.8 Å². The molecule has 0 aliphatic carbocycles. The number of aromatic nitrogens is 1. The highest BCUT2D eigenvalue weighted by Gasteiger charge is 2.55. The number of hydrogen-bond donors (Lipinski definition) is 2. The van der Waals surface area contributed by atoms with E-state index in [1.807, 2.05) is 0 Å². The van der Waals surface area contributed by atoms with Gasteiger partial charge in [-0.2, -0.15) is 0 Å². The molecule has 3 aliphatic heterocycles. The maximum atomic E-state index is 13.5. The molecule has 1 unspecified atom stereocenters. The standard InChI is InChI=1S/C24H34ClN5O7S.ClH/c1-23(2,3)37-22(33)29-10-6-16(7-11-29)24(20(31)27-21(32)28-24)15-38(34,35)30-12-8-18(9-13-30)36-19-5-4-17(25)14-26-19;/h4-5,14,16,18H,6-13,15H2,1-3H3,(H2,27,28,31,32);1H. The summed E-state index contributed by atoms with van der Waals surface area (Å²) in [5.41, 5.74) is -2.26. The van der Waals surface area contributed by atoms with Crippen LogP contribution in [-0.2, 0) is 19.6 Å². The molecule has 4 heterocycles. The molecule has 3 saturated heterocycles. The minimum Gasteiger partial charge on any atom is -0.474 e. The van der Waals surface area contributed by atoms with Crippen molar-refractivity contribution in [3.8, 4) is 5.88 Å². The third-order valence-electron chi connectivity index (χ3n) is 7.00. The number of pyridine rings is 1. The number of ether oxygens (including phenoxy) is 2. The number of urea groups is 1. The first-order chi connectivity index (χ1) is 17.8. The minimum atomic E-state index is -3.92. The fraction of sp³-hybridized carbons (Fsp3) is 0.667. The highest BCUT2D eigenvalue weighted by atomic mass is 35.5. The molecule has 3 fully saturated rings. The van der Waals surface area contributed by atoms with Crippen LogP contribution < -0.4 is 15.4 Å². The normalized spacial score (nSPS) is 23.5. The second-order valence-electron chi connectivity index (χ2n) is 10.9. The van der Waals surface area contributed by atoms with E-state index in [0.29, 0.717) is 36.6 Å². The number of piperidine rings is 2. The highest BCUT2D eigenvalue weighted by molar-refractivity contribution is 7.89. The van der Waals surface area contributed by atoms with E-state index in [4.69, 9.17) is 21.1 Å². The van der Waals surface area contributed by atoms with Gasteiger partial charge in [0.2, 0.25) is 15.9 Å². The van der Waals surface area contributed by atoms with Gasteiger partial charge in [-0.3, -0.25) is 10.1 Å². The number of hydrogen-bond acceptors (Lipinski definition) is 8. The van der Waals surface area contributed by atoms with E-state index < -0.39 is 50.9 Å². The van der Waals surface area contributed by atoms with Crippen LogP contribution in [0.1, 0.15) is 46.5 Å². The Bertz CT molecular complexity index is 1160. The molecule has 12 nitrogen and oxygen atoms in total. The molecule has 0 aromatic carbocycles. The number of nitrogens with one attached hydrogen (secondary N) is 2. The SMILES string of the molecule is CC(C)(C)OC(=O)N1CCC(C2(CS(=O)(=O)N3CCC(Oc4ccc(Cl)cn4)CC3)NC(=O)NC2=O)CC1.Cl. The Labute approximate surface area is 239 Å². The number of carbonyl (C=O) groups excluding carboxylic acids is 3. The lowest BCUT2D eigenvalue weighted by Gasteiger charge is -2.41. The second kappa shape index (κ2) is 12.0. The van der Waals surface area contributed by atoms with E-state index in [0.717, 1.165) is 0 Å². The van der Waals surface area contributed by atoms with Crippen molar-refractivity contribution in [2.24, 2.45) is 5.92 Å². The first-order valence-corrected chi connectivity index (χ1v) is 14.6. The van der Waals surface area contributed by atoms with Crippen LogP contribution in [-0.4, -0.2) is 89.8 Å². The Kier molecular flexibility index (Phi) is 9.62. The molecule has 1 aromatic heterocycles. The topological polar surface area (TPSA) is 147 Å². The van der Waals surface area contributed by atoms with Gasteiger partial charge >= 0.3 is 12.1 Å². The molecule has 39 heavy (non-hydrogen) atoms. The van der Waals surface area contributed by atoms with Crippen LogP contribution in [0.25, 0.3) is 0 Å². The number of nitrogens with zero attached hydrogens (tertiary/aromatic N) is 3. The molecule has 4 rings (SSSR count). The zero-order valence-corrected chi connectivity index (χ0v) is 24.5. The van der Waals surface area contributed by atoms with Gasteiger partial charge < -0.3 is 19.7 Å². The van der Waals surface area contributed by atoms with Crippen LogP contribution in [0.2, 0.25) is 5.02 Å². The number of carbonyl (C=O) groups is 3. The first-order valence-electron chi connectivity index (χ1n) is 12.6. The number of sulfonamides is 1. The summed E-state index contributed by atoms with van der Waals surface area (Å²) >= 11 is 5.86. The van der Waals surface area contributed by atoms with E-state index in [1.54, 1.807) is 37.8 Å². The molecule has 0 radical (unpaired) electrons. The van der Waals surface area contributed by atoms with Crippen molar-refractivity contribution in [1.29, 1.82) is 0 Å². The third-order valence-corrected chi connectivity index (χ3v) is 9.20. The van der Waals surface area contributed by atoms with Crippen molar-refractivity contribution in [2.45, 2.75) is 63.7 Å². The molecule has 0 saturated carbocycles. The summed E-state index contributed by atoms with van der Waals surface area (Å²) in [6.45, 7) is 6.32. The molecule has 0 bridgehead atoms. The molecule has 1 aromatic rings. The lowest BCUT2D eigenvalue weighted by atomic mass is 9.79. The summed E-state index contributed by atoms with van der Waals surface area (Å²) in [5.74, 6) is -1.27. The van der Waals surface area contributed by atoms with Crippen molar-refractivity contribution >= 4 is 52.1 Å².